The Morgan fingerprint density at radius 2 is 1.91 bits per heavy atom. The van der Waals surface area contributed by atoms with Crippen molar-refractivity contribution in [3.8, 4) is 0 Å². The minimum atomic E-state index is 0.810. The molecular formula is C18H30N4. The fraction of sp³-hybridized carbons (Fsp3) is 0.611. The Balaban J connectivity index is 1.58. The van der Waals surface area contributed by atoms with Crippen LogP contribution in [-0.4, -0.2) is 44.1 Å². The molecule has 0 saturated carbocycles. The van der Waals surface area contributed by atoms with Crippen LogP contribution in [0.3, 0.4) is 0 Å². The fourth-order valence-corrected chi connectivity index (χ4v) is 2.80. The monoisotopic (exact) mass is 302 g/mol. The molecule has 1 heterocycles. The van der Waals surface area contributed by atoms with E-state index in [1.165, 1.54) is 44.5 Å². The van der Waals surface area contributed by atoms with Gasteiger partial charge in [-0.2, -0.15) is 0 Å². The summed E-state index contributed by atoms with van der Waals surface area (Å²) < 4.78 is 0. The Morgan fingerprint density at radius 1 is 1.18 bits per heavy atom. The van der Waals surface area contributed by atoms with Crippen molar-refractivity contribution in [2.75, 3.05) is 33.2 Å². The molecule has 1 fully saturated rings. The van der Waals surface area contributed by atoms with E-state index < -0.39 is 0 Å². The second kappa shape index (κ2) is 9.46. The van der Waals surface area contributed by atoms with Crippen LogP contribution in [0.25, 0.3) is 0 Å². The summed E-state index contributed by atoms with van der Waals surface area (Å²) in [6, 6.07) is 10.4. The lowest BCUT2D eigenvalue weighted by Gasteiger charge is -2.30. The average Bonchev–Trinajstić information content (AvgIpc) is 2.57. The van der Waals surface area contributed by atoms with Crippen molar-refractivity contribution in [1.29, 1.82) is 0 Å². The number of likely N-dealkylation sites (tertiary alicyclic amines) is 1. The third kappa shape index (κ3) is 6.06. The van der Waals surface area contributed by atoms with Crippen molar-refractivity contribution in [2.45, 2.75) is 32.7 Å². The maximum absolute atomic E-state index is 4.28. The molecule has 0 unspecified atom stereocenters. The van der Waals surface area contributed by atoms with Gasteiger partial charge in [-0.25, -0.2) is 0 Å². The number of piperidine rings is 1. The van der Waals surface area contributed by atoms with Crippen LogP contribution in [0, 0.1) is 5.92 Å². The second-order valence-corrected chi connectivity index (χ2v) is 6.22. The van der Waals surface area contributed by atoms with Gasteiger partial charge in [0, 0.05) is 20.1 Å². The van der Waals surface area contributed by atoms with E-state index in [-0.39, 0.29) is 0 Å². The van der Waals surface area contributed by atoms with Gasteiger partial charge in [-0.3, -0.25) is 4.99 Å². The lowest BCUT2D eigenvalue weighted by molar-refractivity contribution is 0.191. The molecule has 2 rings (SSSR count). The van der Waals surface area contributed by atoms with Gasteiger partial charge in [0.2, 0.25) is 0 Å². The molecule has 122 valence electrons. The van der Waals surface area contributed by atoms with Crippen LogP contribution >= 0.6 is 0 Å². The quantitative estimate of drug-likeness (QED) is 0.482. The molecule has 0 aromatic heterocycles. The molecule has 0 radical (unpaired) electrons. The van der Waals surface area contributed by atoms with E-state index in [1.54, 1.807) is 0 Å². The maximum Gasteiger partial charge on any atom is 0.191 e. The zero-order valence-corrected chi connectivity index (χ0v) is 14.0. The lowest BCUT2D eigenvalue weighted by Crippen LogP contribution is -2.39. The summed E-state index contributed by atoms with van der Waals surface area (Å²) in [5.41, 5.74) is 1.27. The van der Waals surface area contributed by atoms with Gasteiger partial charge in [-0.1, -0.05) is 37.3 Å². The van der Waals surface area contributed by atoms with Gasteiger partial charge in [0.05, 0.1) is 0 Å². The minimum Gasteiger partial charge on any atom is -0.356 e. The first-order valence-electron chi connectivity index (χ1n) is 8.48. The molecule has 4 heteroatoms. The SMILES string of the molecule is CN=C(NCCCN1CCC(C)CC1)NCc1ccccc1. The van der Waals surface area contributed by atoms with E-state index in [1.807, 2.05) is 13.1 Å². The summed E-state index contributed by atoms with van der Waals surface area (Å²) in [5, 5.41) is 6.76. The molecule has 1 saturated heterocycles. The molecule has 0 atom stereocenters. The first-order valence-corrected chi connectivity index (χ1v) is 8.48. The van der Waals surface area contributed by atoms with Gasteiger partial charge in [-0.05, 0) is 50.4 Å². The van der Waals surface area contributed by atoms with E-state index >= 15 is 0 Å². The number of benzene rings is 1. The van der Waals surface area contributed by atoms with E-state index in [0.717, 1.165) is 25.0 Å². The Labute approximate surface area is 135 Å². The molecule has 1 aromatic rings. The van der Waals surface area contributed by atoms with Crippen molar-refractivity contribution in [3.05, 3.63) is 35.9 Å². The van der Waals surface area contributed by atoms with Gasteiger partial charge in [-0.15, -0.1) is 0 Å². The van der Waals surface area contributed by atoms with Crippen molar-refractivity contribution in [1.82, 2.24) is 15.5 Å². The van der Waals surface area contributed by atoms with E-state index in [2.05, 4.69) is 51.7 Å². The van der Waals surface area contributed by atoms with Gasteiger partial charge in [0.1, 0.15) is 0 Å². The molecule has 0 amide bonds. The summed E-state index contributed by atoms with van der Waals surface area (Å²) >= 11 is 0. The van der Waals surface area contributed by atoms with Crippen LogP contribution in [0.15, 0.2) is 35.3 Å². The van der Waals surface area contributed by atoms with Gasteiger partial charge >= 0.3 is 0 Å². The Hall–Kier alpha value is -1.55. The number of hydrogen-bond donors (Lipinski definition) is 2. The number of nitrogens with zero attached hydrogens (tertiary/aromatic N) is 2. The number of guanidine groups is 1. The minimum absolute atomic E-state index is 0.810. The molecule has 2 N–H and O–H groups in total. The van der Waals surface area contributed by atoms with E-state index in [4.69, 9.17) is 0 Å². The molecule has 22 heavy (non-hydrogen) atoms. The van der Waals surface area contributed by atoms with E-state index in [9.17, 15) is 0 Å². The molecule has 0 aliphatic carbocycles. The zero-order valence-electron chi connectivity index (χ0n) is 14.0. The predicted octanol–water partition coefficient (Wildman–Crippen LogP) is 2.47. The highest BCUT2D eigenvalue weighted by atomic mass is 15.2. The Kier molecular flexibility index (Phi) is 7.23. The number of aliphatic imine (C=N–C) groups is 1. The topological polar surface area (TPSA) is 39.7 Å². The predicted molar refractivity (Wildman–Crippen MR) is 94.1 cm³/mol. The third-order valence-electron chi connectivity index (χ3n) is 4.35. The Morgan fingerprint density at radius 3 is 2.59 bits per heavy atom. The molecular weight excluding hydrogens is 272 g/mol. The summed E-state index contributed by atoms with van der Waals surface area (Å²) in [7, 11) is 1.83. The van der Waals surface area contributed by atoms with E-state index in [0.29, 0.717) is 0 Å². The van der Waals surface area contributed by atoms with Crippen LogP contribution in [0.2, 0.25) is 0 Å². The summed E-state index contributed by atoms with van der Waals surface area (Å²) in [6.07, 6.45) is 3.88. The van der Waals surface area contributed by atoms with Crippen LogP contribution in [-0.2, 0) is 6.54 Å². The molecule has 1 aliphatic rings. The highest BCUT2D eigenvalue weighted by Gasteiger charge is 2.14. The molecule has 0 bridgehead atoms. The summed E-state index contributed by atoms with van der Waals surface area (Å²) in [5.74, 6) is 1.80. The number of hydrogen-bond acceptors (Lipinski definition) is 2. The van der Waals surface area contributed by atoms with Crippen molar-refractivity contribution in [3.63, 3.8) is 0 Å². The van der Waals surface area contributed by atoms with Gasteiger partial charge in [0.15, 0.2) is 5.96 Å². The van der Waals surface area contributed by atoms with Gasteiger partial charge in [0.25, 0.3) is 0 Å². The molecule has 4 nitrogen and oxygen atoms in total. The van der Waals surface area contributed by atoms with Crippen molar-refractivity contribution >= 4 is 5.96 Å². The third-order valence-corrected chi connectivity index (χ3v) is 4.35. The molecule has 0 spiro atoms. The lowest BCUT2D eigenvalue weighted by atomic mass is 9.99. The van der Waals surface area contributed by atoms with Crippen molar-refractivity contribution in [2.24, 2.45) is 10.9 Å². The van der Waals surface area contributed by atoms with Crippen LogP contribution in [0.1, 0.15) is 31.7 Å². The first kappa shape index (κ1) is 16.8. The highest BCUT2D eigenvalue weighted by Crippen LogP contribution is 2.15. The van der Waals surface area contributed by atoms with Crippen molar-refractivity contribution < 1.29 is 0 Å². The highest BCUT2D eigenvalue weighted by molar-refractivity contribution is 5.79. The van der Waals surface area contributed by atoms with Crippen LogP contribution in [0.4, 0.5) is 0 Å². The smallest absolute Gasteiger partial charge is 0.191 e. The average molecular weight is 302 g/mol. The van der Waals surface area contributed by atoms with Gasteiger partial charge < -0.3 is 15.5 Å². The maximum atomic E-state index is 4.28. The Bertz CT molecular complexity index is 436. The number of nitrogens with one attached hydrogen (secondary N) is 2. The summed E-state index contributed by atoms with van der Waals surface area (Å²) in [4.78, 5) is 6.86. The fourth-order valence-electron chi connectivity index (χ4n) is 2.80. The normalized spacial score (nSPS) is 17.5. The van der Waals surface area contributed by atoms with Crippen LogP contribution < -0.4 is 10.6 Å². The standard InChI is InChI=1S/C18H30N4/c1-16-9-13-22(14-10-16)12-6-11-20-18(19-2)21-15-17-7-4-3-5-8-17/h3-5,7-8,16H,6,9-15H2,1-2H3,(H2,19,20,21). The molecule has 1 aromatic carbocycles. The largest absolute Gasteiger partial charge is 0.356 e. The zero-order chi connectivity index (χ0) is 15.6. The second-order valence-electron chi connectivity index (χ2n) is 6.22. The number of rotatable bonds is 6. The summed E-state index contributed by atoms with van der Waals surface area (Å²) in [6.45, 7) is 7.87. The first-order chi connectivity index (χ1) is 10.8. The van der Waals surface area contributed by atoms with Crippen LogP contribution in [0.5, 0.6) is 0 Å². The molecule has 1 aliphatic heterocycles.